The average Bonchev–Trinajstić information content (AvgIpc) is 2.93. The molecule has 10 nitrogen and oxygen atoms in total. The molecule has 0 unspecified atom stereocenters. The predicted octanol–water partition coefficient (Wildman–Crippen LogP) is 4.85. The molecular weight excluding hydrogens is 639 g/mol. The Bertz CT molecular complexity index is 1350. The van der Waals surface area contributed by atoms with Crippen molar-refractivity contribution >= 4 is 69.5 Å². The second-order valence-electron chi connectivity index (χ2n) is 7.88. The molecule has 3 aromatic rings. The number of para-hydroxylation sites is 1. The highest BCUT2D eigenvalue weighted by atomic mass is 127. The van der Waals surface area contributed by atoms with Gasteiger partial charge in [-0.3, -0.25) is 14.4 Å². The number of amides is 3. The second-order valence-corrected chi connectivity index (χ2v) is 9.45. The molecule has 0 fully saturated rings. The van der Waals surface area contributed by atoms with Crippen molar-refractivity contribution in [3.8, 4) is 17.2 Å². The summed E-state index contributed by atoms with van der Waals surface area (Å²) in [5, 5.41) is 9.43. The number of rotatable bonds is 11. The van der Waals surface area contributed by atoms with E-state index in [0.29, 0.717) is 49.4 Å². The number of ether oxygens (including phenoxy) is 3. The van der Waals surface area contributed by atoms with Crippen molar-refractivity contribution in [3.63, 3.8) is 0 Å². The van der Waals surface area contributed by atoms with Gasteiger partial charge in [0.05, 0.1) is 34.2 Å². The molecule has 0 aliphatic rings. The van der Waals surface area contributed by atoms with Gasteiger partial charge in [0.25, 0.3) is 5.91 Å². The molecule has 3 amide bonds. The Morgan fingerprint density at radius 3 is 2.44 bits per heavy atom. The number of carbonyl (C=O) groups excluding carboxylic acids is 3. The summed E-state index contributed by atoms with van der Waals surface area (Å²) in [6, 6.07) is 16.9. The van der Waals surface area contributed by atoms with E-state index in [1.807, 2.05) is 29.5 Å². The van der Waals surface area contributed by atoms with Crippen molar-refractivity contribution < 1.29 is 28.6 Å². The molecule has 3 aromatic carbocycles. The number of hydrogen-bond acceptors (Lipinski definition) is 7. The van der Waals surface area contributed by atoms with E-state index in [9.17, 15) is 14.4 Å². The Kier molecular flexibility index (Phi) is 11.4. The summed E-state index contributed by atoms with van der Waals surface area (Å²) in [5.41, 5.74) is 3.67. The van der Waals surface area contributed by atoms with Gasteiger partial charge in [-0.05, 0) is 83.1 Å². The summed E-state index contributed by atoms with van der Waals surface area (Å²) >= 11 is 8.10. The number of hydrogen-bond donors (Lipinski definition) is 3. The van der Waals surface area contributed by atoms with E-state index in [1.54, 1.807) is 60.7 Å². The molecule has 39 heavy (non-hydrogen) atoms. The van der Waals surface area contributed by atoms with Crippen LogP contribution in [0, 0.1) is 3.57 Å². The normalized spacial score (nSPS) is 10.6. The van der Waals surface area contributed by atoms with Crippen LogP contribution in [0.4, 0.5) is 11.4 Å². The lowest BCUT2D eigenvalue weighted by atomic mass is 10.2. The lowest BCUT2D eigenvalue weighted by Crippen LogP contribution is -2.32. The van der Waals surface area contributed by atoms with Crippen LogP contribution in [0.2, 0.25) is 5.02 Å². The van der Waals surface area contributed by atoms with Gasteiger partial charge in [-0.15, -0.1) is 0 Å². The van der Waals surface area contributed by atoms with Crippen molar-refractivity contribution in [3.05, 3.63) is 74.8 Å². The Hall–Kier alpha value is -3.84. The highest BCUT2D eigenvalue weighted by Gasteiger charge is 2.15. The maximum Gasteiger partial charge on any atom is 0.329 e. The maximum absolute atomic E-state index is 12.3. The quantitative estimate of drug-likeness (QED) is 0.117. The van der Waals surface area contributed by atoms with Crippen LogP contribution in [0.3, 0.4) is 0 Å². The fourth-order valence-electron chi connectivity index (χ4n) is 3.10. The number of benzene rings is 3. The monoisotopic (exact) mass is 664 g/mol. The van der Waals surface area contributed by atoms with Gasteiger partial charge >= 0.3 is 11.8 Å². The molecule has 3 rings (SSSR count). The third-order valence-corrected chi connectivity index (χ3v) is 6.05. The van der Waals surface area contributed by atoms with Crippen LogP contribution < -0.4 is 30.3 Å². The minimum absolute atomic E-state index is 0.273. The minimum atomic E-state index is -0.941. The first-order valence-electron chi connectivity index (χ1n) is 11.7. The van der Waals surface area contributed by atoms with Crippen molar-refractivity contribution in [2.45, 2.75) is 13.3 Å². The molecule has 0 saturated heterocycles. The van der Waals surface area contributed by atoms with Crippen molar-refractivity contribution in [1.82, 2.24) is 5.43 Å². The molecule has 3 N–H and O–H groups in total. The maximum atomic E-state index is 12.3. The highest BCUT2D eigenvalue weighted by Crippen LogP contribution is 2.33. The van der Waals surface area contributed by atoms with Crippen LogP contribution in [0.5, 0.6) is 17.2 Å². The van der Waals surface area contributed by atoms with E-state index in [4.69, 9.17) is 25.8 Å². The summed E-state index contributed by atoms with van der Waals surface area (Å²) in [5.74, 6) is -0.827. The molecule has 0 atom stereocenters. The zero-order chi connectivity index (χ0) is 28.2. The van der Waals surface area contributed by atoms with Crippen LogP contribution in [-0.4, -0.2) is 44.3 Å². The molecule has 0 heterocycles. The molecule has 204 valence electrons. The Morgan fingerprint density at radius 1 is 1.00 bits per heavy atom. The second kappa shape index (κ2) is 14.9. The Labute approximate surface area is 244 Å². The molecule has 0 aromatic heterocycles. The van der Waals surface area contributed by atoms with Crippen molar-refractivity contribution in [1.29, 1.82) is 0 Å². The number of nitrogens with one attached hydrogen (secondary N) is 3. The molecule has 0 bridgehead atoms. The van der Waals surface area contributed by atoms with Crippen LogP contribution in [-0.2, 0) is 14.4 Å². The average molecular weight is 665 g/mol. The van der Waals surface area contributed by atoms with E-state index < -0.39 is 17.7 Å². The van der Waals surface area contributed by atoms with Gasteiger partial charge < -0.3 is 24.8 Å². The van der Waals surface area contributed by atoms with Gasteiger partial charge in [-0.1, -0.05) is 30.7 Å². The third-order valence-electron chi connectivity index (χ3n) is 4.92. The van der Waals surface area contributed by atoms with Crippen LogP contribution in [0.1, 0.15) is 18.9 Å². The van der Waals surface area contributed by atoms with Gasteiger partial charge in [-0.25, -0.2) is 5.43 Å². The number of anilines is 2. The number of hydrazone groups is 1. The lowest BCUT2D eigenvalue weighted by Gasteiger charge is -2.14. The molecule has 0 aliphatic carbocycles. The van der Waals surface area contributed by atoms with Crippen LogP contribution in [0.15, 0.2) is 65.8 Å². The summed E-state index contributed by atoms with van der Waals surface area (Å²) in [4.78, 5) is 36.6. The number of carbonyl (C=O) groups is 3. The smallest absolute Gasteiger partial charge is 0.329 e. The lowest BCUT2D eigenvalue weighted by molar-refractivity contribution is -0.136. The molecule has 12 heteroatoms. The summed E-state index contributed by atoms with van der Waals surface area (Å²) in [7, 11) is 1.46. The predicted molar refractivity (Wildman–Crippen MR) is 158 cm³/mol. The minimum Gasteiger partial charge on any atom is -0.494 e. The van der Waals surface area contributed by atoms with E-state index in [-0.39, 0.29) is 6.61 Å². The molecular formula is C27H26ClIN4O6. The van der Waals surface area contributed by atoms with E-state index >= 15 is 0 Å². The van der Waals surface area contributed by atoms with E-state index in [0.717, 1.165) is 6.42 Å². The zero-order valence-electron chi connectivity index (χ0n) is 21.1. The van der Waals surface area contributed by atoms with Gasteiger partial charge in [0, 0.05) is 5.69 Å². The third kappa shape index (κ3) is 9.14. The van der Waals surface area contributed by atoms with Gasteiger partial charge in [0.15, 0.2) is 18.1 Å². The largest absolute Gasteiger partial charge is 0.494 e. The molecule has 0 spiro atoms. The Morgan fingerprint density at radius 2 is 1.74 bits per heavy atom. The van der Waals surface area contributed by atoms with E-state index in [1.165, 1.54) is 13.3 Å². The number of methoxy groups -OCH3 is 1. The van der Waals surface area contributed by atoms with Gasteiger partial charge in [-0.2, -0.15) is 5.10 Å². The van der Waals surface area contributed by atoms with Crippen molar-refractivity contribution in [2.24, 2.45) is 5.10 Å². The fraction of sp³-hybridized carbons (Fsp3) is 0.185. The van der Waals surface area contributed by atoms with Gasteiger partial charge in [0.2, 0.25) is 0 Å². The number of halogens is 2. The van der Waals surface area contributed by atoms with Gasteiger partial charge in [0.1, 0.15) is 5.75 Å². The summed E-state index contributed by atoms with van der Waals surface area (Å²) in [6.45, 7) is 2.32. The Balaban J connectivity index is 1.54. The standard InChI is InChI=1S/C27H26ClIN4O6/c1-3-12-38-19-10-8-18(9-11-19)31-26(35)27(36)33-30-15-17-13-21(29)25(23(14-17)37-2)39-16-24(34)32-22-7-5-4-6-20(22)28/h4-11,13-15H,3,12,16H2,1-2H3,(H,31,35)(H,32,34)(H,33,36)/b30-15-. The van der Waals surface area contributed by atoms with E-state index in [2.05, 4.69) is 21.2 Å². The summed E-state index contributed by atoms with van der Waals surface area (Å²) in [6.07, 6.45) is 2.23. The topological polar surface area (TPSA) is 127 Å². The number of nitrogens with zero attached hydrogens (tertiary/aromatic N) is 1. The van der Waals surface area contributed by atoms with Crippen molar-refractivity contribution in [2.75, 3.05) is 31.0 Å². The first-order valence-corrected chi connectivity index (χ1v) is 13.2. The molecule has 0 radical (unpaired) electrons. The first-order chi connectivity index (χ1) is 18.8. The molecule has 0 aliphatic heterocycles. The summed E-state index contributed by atoms with van der Waals surface area (Å²) < 4.78 is 17.2. The molecule has 0 saturated carbocycles. The first kappa shape index (κ1) is 29.7. The zero-order valence-corrected chi connectivity index (χ0v) is 24.0. The fourth-order valence-corrected chi connectivity index (χ4v) is 4.06. The van der Waals surface area contributed by atoms with Crippen LogP contribution in [0.25, 0.3) is 0 Å². The SMILES string of the molecule is CCCOc1ccc(NC(=O)C(=O)N/N=C\c2cc(I)c(OCC(=O)Nc3ccccc3Cl)c(OC)c2)cc1. The highest BCUT2D eigenvalue weighted by molar-refractivity contribution is 14.1. The van der Waals surface area contributed by atoms with Crippen LogP contribution >= 0.6 is 34.2 Å².